The van der Waals surface area contributed by atoms with Crippen LogP contribution in [0.4, 0.5) is 11.8 Å². The summed E-state index contributed by atoms with van der Waals surface area (Å²) < 4.78 is 11.2. The van der Waals surface area contributed by atoms with Crippen molar-refractivity contribution in [2.24, 2.45) is 0 Å². The topological polar surface area (TPSA) is 103 Å². The van der Waals surface area contributed by atoms with E-state index in [0.717, 1.165) is 11.3 Å². The third kappa shape index (κ3) is 4.26. The Bertz CT molecular complexity index is 692. The first-order valence-electron chi connectivity index (χ1n) is 7.80. The van der Waals surface area contributed by atoms with Crippen molar-refractivity contribution in [3.63, 3.8) is 0 Å². The summed E-state index contributed by atoms with van der Waals surface area (Å²) in [5.41, 5.74) is 6.97. The van der Waals surface area contributed by atoms with Crippen LogP contribution in [0.3, 0.4) is 0 Å². The Morgan fingerprint density at radius 2 is 2.00 bits per heavy atom. The lowest BCUT2D eigenvalue weighted by molar-refractivity contribution is 0.281. The van der Waals surface area contributed by atoms with Gasteiger partial charge in [-0.2, -0.15) is 4.98 Å². The van der Waals surface area contributed by atoms with Gasteiger partial charge in [-0.15, -0.1) is 0 Å². The number of nitrogens with zero attached hydrogens (tertiary/aromatic N) is 2. The second-order valence-electron chi connectivity index (χ2n) is 5.83. The maximum atomic E-state index is 9.06. The van der Waals surface area contributed by atoms with E-state index in [4.69, 9.17) is 20.3 Å². The van der Waals surface area contributed by atoms with Gasteiger partial charge in [0.05, 0.1) is 19.9 Å². The van der Waals surface area contributed by atoms with E-state index in [2.05, 4.69) is 29.1 Å². The van der Waals surface area contributed by atoms with Crippen molar-refractivity contribution in [1.29, 1.82) is 0 Å². The van der Waals surface area contributed by atoms with Crippen molar-refractivity contribution < 1.29 is 14.6 Å². The fraction of sp³-hybridized carbons (Fsp3) is 0.412. The molecule has 1 aromatic heterocycles. The Morgan fingerprint density at radius 3 is 2.58 bits per heavy atom. The molecule has 0 bridgehead atoms. The van der Waals surface area contributed by atoms with E-state index < -0.39 is 0 Å². The molecule has 7 heteroatoms. The van der Waals surface area contributed by atoms with Gasteiger partial charge in [-0.05, 0) is 31.0 Å². The van der Waals surface area contributed by atoms with E-state index in [1.165, 1.54) is 6.20 Å². The Kier molecular flexibility index (Phi) is 5.81. The van der Waals surface area contributed by atoms with Crippen LogP contribution in [0.15, 0.2) is 24.4 Å². The minimum Gasteiger partial charge on any atom is -0.497 e. The largest absolute Gasteiger partial charge is 0.497 e. The number of benzene rings is 1. The van der Waals surface area contributed by atoms with Crippen molar-refractivity contribution in [3.8, 4) is 17.2 Å². The number of aliphatic hydroxyl groups is 1. The monoisotopic (exact) mass is 332 g/mol. The lowest BCUT2D eigenvalue weighted by Crippen LogP contribution is -2.21. The molecule has 0 saturated carbocycles. The van der Waals surface area contributed by atoms with E-state index in [1.807, 2.05) is 25.1 Å². The van der Waals surface area contributed by atoms with Crippen molar-refractivity contribution in [1.82, 2.24) is 9.97 Å². The molecule has 2 aromatic rings. The molecule has 0 spiro atoms. The number of aromatic nitrogens is 2. The van der Waals surface area contributed by atoms with Crippen LogP contribution in [0.25, 0.3) is 0 Å². The molecule has 7 nitrogen and oxygen atoms in total. The second kappa shape index (κ2) is 7.83. The summed E-state index contributed by atoms with van der Waals surface area (Å²) in [6.45, 7) is 5.94. The molecule has 0 saturated heterocycles. The predicted octanol–water partition coefficient (Wildman–Crippen LogP) is 2.78. The number of nitrogens with two attached hydrogens (primary N) is 1. The zero-order valence-electron chi connectivity index (χ0n) is 14.4. The number of ether oxygens (including phenoxy) is 2. The fourth-order valence-corrected chi connectivity index (χ4v) is 2.11. The number of anilines is 2. The van der Waals surface area contributed by atoms with E-state index in [1.54, 1.807) is 7.11 Å². The average Bonchev–Trinajstić information content (AvgIpc) is 2.57. The summed E-state index contributed by atoms with van der Waals surface area (Å²) in [5, 5.41) is 12.0. The third-order valence-electron chi connectivity index (χ3n) is 3.49. The Morgan fingerprint density at radius 1 is 1.25 bits per heavy atom. The Balaban J connectivity index is 2.25. The van der Waals surface area contributed by atoms with Crippen LogP contribution >= 0.6 is 0 Å². The van der Waals surface area contributed by atoms with Gasteiger partial charge in [-0.25, -0.2) is 4.98 Å². The van der Waals surface area contributed by atoms with Crippen molar-refractivity contribution in [3.05, 3.63) is 30.0 Å². The highest BCUT2D eigenvalue weighted by molar-refractivity contribution is 5.52. The molecule has 0 amide bonds. The summed E-state index contributed by atoms with van der Waals surface area (Å²) >= 11 is 0. The van der Waals surface area contributed by atoms with Gasteiger partial charge in [-0.3, -0.25) is 0 Å². The summed E-state index contributed by atoms with van der Waals surface area (Å²) in [4.78, 5) is 8.33. The van der Waals surface area contributed by atoms with Crippen molar-refractivity contribution in [2.75, 3.05) is 24.8 Å². The average molecular weight is 332 g/mol. The number of nitrogen functional groups attached to an aromatic ring is 1. The normalized spacial score (nSPS) is 12.1. The highest BCUT2D eigenvalue weighted by Crippen LogP contribution is 2.34. The van der Waals surface area contributed by atoms with Crippen LogP contribution in [0.1, 0.15) is 32.3 Å². The minimum absolute atomic E-state index is 0.0227. The molecule has 24 heavy (non-hydrogen) atoms. The molecule has 4 N–H and O–H groups in total. The fourth-order valence-electron chi connectivity index (χ4n) is 2.11. The first-order valence-corrected chi connectivity index (χ1v) is 7.80. The second-order valence-corrected chi connectivity index (χ2v) is 5.83. The smallest absolute Gasteiger partial charge is 0.225 e. The third-order valence-corrected chi connectivity index (χ3v) is 3.49. The molecule has 0 radical (unpaired) electrons. The first kappa shape index (κ1) is 17.8. The number of aliphatic hydroxyl groups excluding tert-OH is 1. The van der Waals surface area contributed by atoms with Crippen LogP contribution in [-0.2, 0) is 0 Å². The quantitative estimate of drug-likeness (QED) is 0.716. The molecule has 2 rings (SSSR count). The van der Waals surface area contributed by atoms with Crippen LogP contribution in [0, 0.1) is 0 Å². The number of methoxy groups -OCH3 is 1. The summed E-state index contributed by atoms with van der Waals surface area (Å²) in [6, 6.07) is 5.45. The van der Waals surface area contributed by atoms with Gasteiger partial charge in [0.25, 0.3) is 0 Å². The number of hydrogen-bond acceptors (Lipinski definition) is 7. The minimum atomic E-state index is -0.162. The van der Waals surface area contributed by atoms with E-state index >= 15 is 0 Å². The number of rotatable bonds is 7. The summed E-state index contributed by atoms with van der Waals surface area (Å²) in [5.74, 6) is 2.66. The van der Waals surface area contributed by atoms with Crippen molar-refractivity contribution >= 4 is 11.8 Å². The van der Waals surface area contributed by atoms with Gasteiger partial charge in [-0.1, -0.05) is 13.8 Å². The van der Waals surface area contributed by atoms with Gasteiger partial charge in [0.15, 0.2) is 11.6 Å². The highest BCUT2D eigenvalue weighted by atomic mass is 16.5. The zero-order chi connectivity index (χ0) is 17.7. The Hall–Kier alpha value is -2.54. The molecular formula is C17H24N4O3. The number of nitrogens with one attached hydrogen (secondary N) is 1. The predicted molar refractivity (Wildman–Crippen MR) is 93.8 cm³/mol. The van der Waals surface area contributed by atoms with Crippen LogP contribution < -0.4 is 20.5 Å². The summed E-state index contributed by atoms with van der Waals surface area (Å²) in [6.07, 6.45) is 1.52. The van der Waals surface area contributed by atoms with Gasteiger partial charge >= 0.3 is 0 Å². The van der Waals surface area contributed by atoms with Gasteiger partial charge in [0.1, 0.15) is 11.5 Å². The Labute approximate surface area is 141 Å². The van der Waals surface area contributed by atoms with E-state index in [9.17, 15) is 0 Å². The standard InChI is InChI=1S/C17H24N4O3/c1-10(2)13-7-12(23-4)5-6-14(13)24-15-8-19-17(21-16(15)18)20-11(3)9-22/h5-8,10-11,22H,9H2,1-4H3,(H3,18,19,20,21). The SMILES string of the molecule is COc1ccc(Oc2cnc(NC(C)CO)nc2N)c(C(C)C)c1. The molecule has 130 valence electrons. The molecule has 1 aromatic carbocycles. The van der Waals surface area contributed by atoms with E-state index in [0.29, 0.717) is 17.4 Å². The molecule has 0 fully saturated rings. The van der Waals surface area contributed by atoms with Crippen LogP contribution in [-0.4, -0.2) is 34.8 Å². The summed E-state index contributed by atoms with van der Waals surface area (Å²) in [7, 11) is 1.63. The van der Waals surface area contributed by atoms with Crippen LogP contribution in [0.5, 0.6) is 17.2 Å². The maximum absolute atomic E-state index is 9.06. The lowest BCUT2D eigenvalue weighted by atomic mass is 10.0. The lowest BCUT2D eigenvalue weighted by Gasteiger charge is -2.16. The van der Waals surface area contributed by atoms with Gasteiger partial charge in [0.2, 0.25) is 5.95 Å². The maximum Gasteiger partial charge on any atom is 0.225 e. The molecule has 0 aliphatic carbocycles. The van der Waals surface area contributed by atoms with Crippen molar-refractivity contribution in [2.45, 2.75) is 32.7 Å². The van der Waals surface area contributed by atoms with Crippen LogP contribution in [0.2, 0.25) is 0 Å². The molecule has 0 aliphatic rings. The number of hydrogen-bond donors (Lipinski definition) is 3. The first-order chi connectivity index (χ1) is 11.4. The zero-order valence-corrected chi connectivity index (χ0v) is 14.4. The van der Waals surface area contributed by atoms with E-state index in [-0.39, 0.29) is 24.4 Å². The molecule has 1 unspecified atom stereocenters. The molecule has 0 aliphatic heterocycles. The molecule has 1 heterocycles. The molecule has 1 atom stereocenters. The molecular weight excluding hydrogens is 308 g/mol. The van der Waals surface area contributed by atoms with Gasteiger partial charge in [0, 0.05) is 11.6 Å². The van der Waals surface area contributed by atoms with Gasteiger partial charge < -0.3 is 25.6 Å². The highest BCUT2D eigenvalue weighted by Gasteiger charge is 2.13.